The molecule has 4 aromatic heterocycles. The van der Waals surface area contributed by atoms with E-state index in [0.717, 1.165) is 120 Å². The maximum Gasteiger partial charge on any atom is 0.256 e. The van der Waals surface area contributed by atoms with Crippen LogP contribution >= 0.6 is 46.4 Å². The van der Waals surface area contributed by atoms with E-state index in [1.165, 1.54) is 92.9 Å². The number of likely N-dealkylation sites (N-methyl/N-ethyl adjacent to an activating group) is 2. The third-order valence-electron chi connectivity index (χ3n) is 15.5. The first-order valence-electron chi connectivity index (χ1n) is 28.8. The van der Waals surface area contributed by atoms with Crippen molar-refractivity contribution in [2.24, 2.45) is 0 Å². The third-order valence-corrected chi connectivity index (χ3v) is 17.6. The summed E-state index contributed by atoms with van der Waals surface area (Å²) >= 11 is 24.6. The topological polar surface area (TPSA) is 230 Å². The molecule has 12 rings (SSSR count). The zero-order valence-corrected chi connectivity index (χ0v) is 52.7. The van der Waals surface area contributed by atoms with Crippen LogP contribution in [0.3, 0.4) is 0 Å². The van der Waals surface area contributed by atoms with E-state index >= 15 is 0 Å². The number of likely N-dealkylation sites (tertiary alicyclic amines) is 2. The molecular weight excluding hydrogens is 1200 g/mol. The summed E-state index contributed by atoms with van der Waals surface area (Å²) in [5.41, 5.74) is 3.47. The average molecular weight is 1280 g/mol. The van der Waals surface area contributed by atoms with E-state index in [0.29, 0.717) is 46.0 Å². The summed E-state index contributed by atoms with van der Waals surface area (Å²) < 4.78 is 55.9. The van der Waals surface area contributed by atoms with Gasteiger partial charge in [-0.3, -0.25) is 19.0 Å². The number of hydrogen-bond donors (Lipinski definition) is 4. The highest BCUT2D eigenvalue weighted by molar-refractivity contribution is 7.92. The molecule has 2 amide bonds. The second kappa shape index (κ2) is 28.5. The minimum absolute atomic E-state index is 0.174. The van der Waals surface area contributed by atoms with Crippen LogP contribution in [0.4, 0.5) is 23.0 Å². The van der Waals surface area contributed by atoms with E-state index in [9.17, 15) is 26.4 Å². The fraction of sp³-hybridized carbons (Fsp3) is 0.536. The zero-order valence-electron chi connectivity index (χ0n) is 48.0. The molecule has 6 aromatic rings. The Bertz CT molecular complexity index is 3500. The molecule has 6 saturated heterocycles. The van der Waals surface area contributed by atoms with Gasteiger partial charge in [-0.15, -0.1) is 0 Å². The number of fused-ring (bicyclic) bond motifs is 2. The van der Waals surface area contributed by atoms with E-state index in [-0.39, 0.29) is 51.6 Å². The quantitative estimate of drug-likeness (QED) is 0.0959. The van der Waals surface area contributed by atoms with Gasteiger partial charge in [0, 0.05) is 93.2 Å². The Morgan fingerprint density at radius 3 is 1.56 bits per heavy atom. The van der Waals surface area contributed by atoms with Gasteiger partial charge in [-0.05, 0) is 147 Å². The highest BCUT2D eigenvalue weighted by Gasteiger charge is 2.35. The molecular formula is C56H76Cl4N16O6S2. The average Bonchev–Trinajstić information content (AvgIpc) is 1.83. The number of sulfonamides is 2. The van der Waals surface area contributed by atoms with Gasteiger partial charge in [0.15, 0.2) is 11.3 Å². The summed E-state index contributed by atoms with van der Waals surface area (Å²) in [6.07, 6.45) is 12.0. The molecule has 0 saturated carbocycles. The molecule has 4 N–H and O–H groups in total. The van der Waals surface area contributed by atoms with Crippen molar-refractivity contribution in [1.29, 1.82) is 0 Å². The molecule has 456 valence electrons. The van der Waals surface area contributed by atoms with Crippen molar-refractivity contribution in [1.82, 2.24) is 59.4 Å². The number of nitrogens with one attached hydrogen (secondary N) is 4. The van der Waals surface area contributed by atoms with Crippen LogP contribution in [-0.4, -0.2) is 196 Å². The molecule has 6 aliphatic rings. The molecule has 84 heavy (non-hydrogen) atoms. The molecule has 2 aromatic carbocycles. The Morgan fingerprint density at radius 1 is 0.524 bits per heavy atom. The Morgan fingerprint density at radius 2 is 1.02 bits per heavy atom. The predicted octanol–water partition coefficient (Wildman–Crippen LogP) is 7.79. The number of carbonyl (C=O) groups is 2. The molecule has 2 atom stereocenters. The third kappa shape index (κ3) is 16.6. The van der Waals surface area contributed by atoms with Crippen molar-refractivity contribution in [2.45, 2.75) is 76.3 Å². The molecule has 0 spiro atoms. The Balaban J connectivity index is 0.000000172. The Kier molecular flexibility index (Phi) is 21.4. The van der Waals surface area contributed by atoms with Crippen LogP contribution in [-0.2, 0) is 20.0 Å². The smallest absolute Gasteiger partial charge is 0.256 e. The summed E-state index contributed by atoms with van der Waals surface area (Å²) in [5.74, 6) is 1.38. The van der Waals surface area contributed by atoms with Crippen LogP contribution in [0.5, 0.6) is 0 Å². The number of carbonyl (C=O) groups excluding carboxylic acids is 2. The summed E-state index contributed by atoms with van der Waals surface area (Å²) in [6.45, 7) is 14.2. The zero-order chi connectivity index (χ0) is 59.7. The number of benzene rings is 2. The van der Waals surface area contributed by atoms with E-state index < -0.39 is 20.0 Å². The lowest BCUT2D eigenvalue weighted by Gasteiger charge is -2.35. The second-order valence-electron chi connectivity index (χ2n) is 22.2. The summed E-state index contributed by atoms with van der Waals surface area (Å²) in [4.78, 5) is 49.6. The monoisotopic (exact) mass is 1270 g/mol. The SMILES string of the molecule is C1CNC1.CN1CCCN(c2cc(N3CCC3)nc3cc([C@@H]4CCCCN4C(=O)c4cc(Cl)ccc4NS(C)(=O)=O)nn23)CC1.CN1CCCNCC1.CS(=O)(=O)Nc1ccc(Cl)cc1C(=O)N1CCCC[C@H]1c1cc2nc(Cl)cc(Cl)n2n1. The highest BCUT2D eigenvalue weighted by atomic mass is 35.5. The van der Waals surface area contributed by atoms with Crippen LogP contribution in [0.25, 0.3) is 11.3 Å². The van der Waals surface area contributed by atoms with Gasteiger partial charge in [0.2, 0.25) is 20.0 Å². The van der Waals surface area contributed by atoms with Gasteiger partial charge in [0.25, 0.3) is 11.8 Å². The van der Waals surface area contributed by atoms with Crippen molar-refractivity contribution in [3.63, 3.8) is 0 Å². The van der Waals surface area contributed by atoms with E-state index in [2.05, 4.69) is 69.9 Å². The van der Waals surface area contributed by atoms with Gasteiger partial charge in [0.1, 0.15) is 21.9 Å². The largest absolute Gasteiger partial charge is 0.356 e. The maximum atomic E-state index is 14.0. The van der Waals surface area contributed by atoms with Crippen LogP contribution in [0, 0.1) is 0 Å². The van der Waals surface area contributed by atoms with Crippen molar-refractivity contribution in [3.8, 4) is 0 Å². The lowest BCUT2D eigenvalue weighted by Crippen LogP contribution is -2.39. The number of piperidine rings is 2. The molecule has 6 fully saturated rings. The van der Waals surface area contributed by atoms with E-state index in [4.69, 9.17) is 56.5 Å². The molecule has 0 radical (unpaired) electrons. The summed E-state index contributed by atoms with van der Waals surface area (Å²) in [7, 11) is -2.84. The first-order chi connectivity index (χ1) is 40.2. The highest BCUT2D eigenvalue weighted by Crippen LogP contribution is 2.37. The molecule has 0 aliphatic carbocycles. The van der Waals surface area contributed by atoms with Crippen LogP contribution < -0.4 is 29.9 Å². The minimum Gasteiger partial charge on any atom is -0.356 e. The van der Waals surface area contributed by atoms with Gasteiger partial charge in [-0.2, -0.15) is 14.7 Å². The van der Waals surface area contributed by atoms with E-state index in [1.54, 1.807) is 21.9 Å². The van der Waals surface area contributed by atoms with Gasteiger partial charge in [0.05, 0.1) is 58.5 Å². The summed E-state index contributed by atoms with van der Waals surface area (Å²) in [6, 6.07) is 15.9. The van der Waals surface area contributed by atoms with Crippen molar-refractivity contribution in [3.05, 3.63) is 104 Å². The fourth-order valence-electron chi connectivity index (χ4n) is 10.8. The number of anilines is 4. The molecule has 28 heteroatoms. The molecule has 10 heterocycles. The van der Waals surface area contributed by atoms with Crippen molar-refractivity contribution in [2.75, 3.05) is 137 Å². The number of aromatic nitrogens is 6. The lowest BCUT2D eigenvalue weighted by molar-refractivity contribution is 0.0600. The predicted molar refractivity (Wildman–Crippen MR) is 335 cm³/mol. The number of nitrogens with zero attached hydrogens (tertiary/aromatic N) is 12. The second-order valence-corrected chi connectivity index (χ2v) is 27.3. The normalized spacial score (nSPS) is 20.0. The molecule has 0 unspecified atom stereocenters. The standard InChI is InChI=1S/C28H37ClN8O3S.C19H18Cl3N5O3S.C6H14N2.C3H7N/c1-33-10-5-13-35(16-15-33)27-19-25(34-11-6-12-34)30-26-18-23(31-37(26)27)24-7-3-4-14-36(24)28(38)21-17-20(29)8-9-22(21)32-41(2,39)40;1-31(29,30)25-13-6-5-11(20)8-12(13)19(28)26-7-3-2-4-15(26)14-9-18-23-16(21)10-17(22)27(18)24-14;1-8-5-2-3-7-4-6-8;1-2-4-3-1/h8-9,17-19,24,32H,3-7,10-16H2,1-2H3;5-6,8-10,15,25H,2-4,7H2,1H3;7H,2-6H2,1H3;4H,1-3H2/t24-;15-;;/m00../s1. The van der Waals surface area contributed by atoms with Gasteiger partial charge < -0.3 is 40.0 Å². The summed E-state index contributed by atoms with van der Waals surface area (Å²) in [5, 5.41) is 17.3. The van der Waals surface area contributed by atoms with Crippen LogP contribution in [0.1, 0.15) is 108 Å². The van der Waals surface area contributed by atoms with Gasteiger partial charge in [-0.25, -0.2) is 31.3 Å². The van der Waals surface area contributed by atoms with E-state index in [1.807, 2.05) is 10.6 Å². The number of amides is 2. The van der Waals surface area contributed by atoms with Crippen LogP contribution in [0.2, 0.25) is 20.4 Å². The maximum absolute atomic E-state index is 14.0. The number of rotatable bonds is 10. The minimum atomic E-state index is -3.59. The number of hydrogen-bond acceptors (Lipinski definition) is 16. The molecule has 22 nitrogen and oxygen atoms in total. The van der Waals surface area contributed by atoms with Crippen molar-refractivity contribution >= 4 is 113 Å². The molecule has 6 aliphatic heterocycles. The lowest BCUT2D eigenvalue weighted by atomic mass is 9.98. The molecule has 0 bridgehead atoms. The van der Waals surface area contributed by atoms with Crippen molar-refractivity contribution < 1.29 is 26.4 Å². The first-order valence-corrected chi connectivity index (χ1v) is 34.0. The van der Waals surface area contributed by atoms with Gasteiger partial charge >= 0.3 is 0 Å². The first kappa shape index (κ1) is 63.2. The van der Waals surface area contributed by atoms with Gasteiger partial charge in [-0.1, -0.05) is 46.4 Å². The Labute approximate surface area is 512 Å². The van der Waals surface area contributed by atoms with Crippen LogP contribution in [0.15, 0.2) is 60.7 Å². The Hall–Kier alpha value is -5.28. The number of halogens is 4. The fourth-order valence-corrected chi connectivity index (χ4v) is 12.8.